The molecule has 0 aromatic carbocycles. The van der Waals surface area contributed by atoms with Crippen molar-refractivity contribution in [1.29, 1.82) is 0 Å². The number of piperazine rings is 1. The fourth-order valence-electron chi connectivity index (χ4n) is 2.84. The lowest BCUT2D eigenvalue weighted by atomic mass is 10.3. The standard InChI is InChI=1S/C16H19F3N6/c1-10-8-11(2)21-15(20-10)25-6-4-24(5-7-25)14-9-13(16(17,18)19)22-12(3)23-14/h8-9H,4-7H2,1-3H3. The molecule has 0 bridgehead atoms. The molecule has 0 amide bonds. The Morgan fingerprint density at radius 1 is 0.800 bits per heavy atom. The normalized spacial score (nSPS) is 15.6. The van der Waals surface area contributed by atoms with Crippen molar-refractivity contribution in [2.75, 3.05) is 36.0 Å². The molecule has 1 aliphatic rings. The van der Waals surface area contributed by atoms with Crippen LogP contribution in [0.5, 0.6) is 0 Å². The number of anilines is 2. The van der Waals surface area contributed by atoms with Crippen LogP contribution in [0.4, 0.5) is 24.9 Å². The molecule has 9 heteroatoms. The van der Waals surface area contributed by atoms with Gasteiger partial charge in [-0.2, -0.15) is 13.2 Å². The lowest BCUT2D eigenvalue weighted by Gasteiger charge is -2.35. The van der Waals surface area contributed by atoms with Crippen molar-refractivity contribution in [3.8, 4) is 0 Å². The van der Waals surface area contributed by atoms with E-state index in [1.54, 1.807) is 0 Å². The molecule has 134 valence electrons. The summed E-state index contributed by atoms with van der Waals surface area (Å²) in [7, 11) is 0. The molecule has 0 saturated carbocycles. The number of hydrogen-bond acceptors (Lipinski definition) is 6. The van der Waals surface area contributed by atoms with Gasteiger partial charge in [0, 0.05) is 43.6 Å². The zero-order chi connectivity index (χ0) is 18.2. The monoisotopic (exact) mass is 352 g/mol. The Morgan fingerprint density at radius 2 is 1.36 bits per heavy atom. The summed E-state index contributed by atoms with van der Waals surface area (Å²) in [5.41, 5.74) is 0.882. The Balaban J connectivity index is 1.75. The third-order valence-corrected chi connectivity index (χ3v) is 3.97. The second-order valence-electron chi connectivity index (χ2n) is 6.08. The number of rotatable bonds is 2. The third kappa shape index (κ3) is 3.97. The summed E-state index contributed by atoms with van der Waals surface area (Å²) in [6.07, 6.45) is -4.47. The fourth-order valence-corrected chi connectivity index (χ4v) is 2.84. The number of halogens is 3. The number of nitrogens with zero attached hydrogens (tertiary/aromatic N) is 6. The maximum absolute atomic E-state index is 12.9. The first-order valence-corrected chi connectivity index (χ1v) is 7.97. The van der Waals surface area contributed by atoms with E-state index < -0.39 is 11.9 Å². The zero-order valence-corrected chi connectivity index (χ0v) is 14.3. The van der Waals surface area contributed by atoms with Gasteiger partial charge >= 0.3 is 6.18 Å². The summed E-state index contributed by atoms with van der Waals surface area (Å²) in [5.74, 6) is 1.08. The Labute approximate surface area is 143 Å². The van der Waals surface area contributed by atoms with Crippen molar-refractivity contribution >= 4 is 11.8 Å². The summed E-state index contributed by atoms with van der Waals surface area (Å²) in [4.78, 5) is 20.4. The van der Waals surface area contributed by atoms with Crippen LogP contribution in [0.1, 0.15) is 22.9 Å². The van der Waals surface area contributed by atoms with Crippen LogP contribution >= 0.6 is 0 Å². The molecule has 6 nitrogen and oxygen atoms in total. The Kier molecular flexibility index (Phi) is 4.49. The Hall–Kier alpha value is -2.45. The van der Waals surface area contributed by atoms with E-state index in [0.717, 1.165) is 17.5 Å². The van der Waals surface area contributed by atoms with Gasteiger partial charge in [-0.05, 0) is 26.8 Å². The predicted octanol–water partition coefficient (Wildman–Crippen LogP) is 2.54. The van der Waals surface area contributed by atoms with Crippen LogP contribution in [0, 0.1) is 20.8 Å². The average molecular weight is 352 g/mol. The van der Waals surface area contributed by atoms with Crippen molar-refractivity contribution in [2.24, 2.45) is 0 Å². The first-order valence-electron chi connectivity index (χ1n) is 7.97. The van der Waals surface area contributed by atoms with Crippen LogP contribution in [0.25, 0.3) is 0 Å². The molecular weight excluding hydrogens is 333 g/mol. The molecule has 0 N–H and O–H groups in total. The van der Waals surface area contributed by atoms with Crippen molar-refractivity contribution in [3.05, 3.63) is 35.0 Å². The molecule has 2 aromatic heterocycles. The highest BCUT2D eigenvalue weighted by molar-refractivity contribution is 5.44. The zero-order valence-electron chi connectivity index (χ0n) is 14.3. The second kappa shape index (κ2) is 6.45. The molecule has 0 atom stereocenters. The van der Waals surface area contributed by atoms with Gasteiger partial charge in [0.05, 0.1) is 0 Å². The van der Waals surface area contributed by atoms with E-state index in [1.807, 2.05) is 29.7 Å². The summed E-state index contributed by atoms with van der Waals surface area (Å²) in [6.45, 7) is 7.63. The lowest BCUT2D eigenvalue weighted by Crippen LogP contribution is -2.47. The molecule has 25 heavy (non-hydrogen) atoms. The van der Waals surface area contributed by atoms with Gasteiger partial charge in [0.2, 0.25) is 5.95 Å². The smallest absolute Gasteiger partial charge is 0.353 e. The topological polar surface area (TPSA) is 58.0 Å². The van der Waals surface area contributed by atoms with Crippen LogP contribution in [-0.4, -0.2) is 46.1 Å². The number of aromatic nitrogens is 4. The van der Waals surface area contributed by atoms with Crippen LogP contribution in [0.15, 0.2) is 12.1 Å². The van der Waals surface area contributed by atoms with E-state index in [1.165, 1.54) is 6.92 Å². The van der Waals surface area contributed by atoms with Crippen LogP contribution in [0.2, 0.25) is 0 Å². The molecule has 2 aromatic rings. The maximum atomic E-state index is 12.9. The Morgan fingerprint density at radius 3 is 1.92 bits per heavy atom. The third-order valence-electron chi connectivity index (χ3n) is 3.97. The highest BCUT2D eigenvalue weighted by Gasteiger charge is 2.34. The Bertz CT molecular complexity index is 749. The van der Waals surface area contributed by atoms with Crippen LogP contribution in [-0.2, 0) is 6.18 Å². The SMILES string of the molecule is Cc1cc(C)nc(N2CCN(c3cc(C(F)(F)F)nc(C)n3)CC2)n1. The van der Waals surface area contributed by atoms with E-state index in [-0.39, 0.29) is 5.82 Å². The second-order valence-corrected chi connectivity index (χ2v) is 6.08. The van der Waals surface area contributed by atoms with Gasteiger partial charge in [-0.3, -0.25) is 0 Å². The summed E-state index contributed by atoms with van der Waals surface area (Å²) >= 11 is 0. The molecule has 0 spiro atoms. The van der Waals surface area contributed by atoms with Crippen molar-refractivity contribution < 1.29 is 13.2 Å². The van der Waals surface area contributed by atoms with Crippen molar-refractivity contribution in [3.63, 3.8) is 0 Å². The number of alkyl halides is 3. The number of aryl methyl sites for hydroxylation is 3. The predicted molar refractivity (Wildman–Crippen MR) is 87.7 cm³/mol. The van der Waals surface area contributed by atoms with Gasteiger partial charge in [0.1, 0.15) is 17.3 Å². The molecule has 0 aliphatic carbocycles. The maximum Gasteiger partial charge on any atom is 0.433 e. The highest BCUT2D eigenvalue weighted by atomic mass is 19.4. The van der Waals surface area contributed by atoms with E-state index in [4.69, 9.17) is 0 Å². The average Bonchev–Trinajstić information content (AvgIpc) is 2.53. The van der Waals surface area contributed by atoms with Crippen molar-refractivity contribution in [2.45, 2.75) is 26.9 Å². The molecule has 1 saturated heterocycles. The van der Waals surface area contributed by atoms with Gasteiger partial charge < -0.3 is 9.80 Å². The quantitative estimate of drug-likeness (QED) is 0.828. The molecule has 3 heterocycles. The van der Waals surface area contributed by atoms with Gasteiger partial charge in [0.15, 0.2) is 0 Å². The van der Waals surface area contributed by atoms with Gasteiger partial charge in [-0.1, -0.05) is 0 Å². The first-order chi connectivity index (χ1) is 11.7. The first kappa shape index (κ1) is 17.4. The molecular formula is C16H19F3N6. The van der Waals surface area contributed by atoms with E-state index in [0.29, 0.717) is 37.9 Å². The molecule has 0 radical (unpaired) electrons. The van der Waals surface area contributed by atoms with Crippen LogP contribution < -0.4 is 9.80 Å². The lowest BCUT2D eigenvalue weighted by molar-refractivity contribution is -0.141. The van der Waals surface area contributed by atoms with Crippen molar-refractivity contribution in [1.82, 2.24) is 19.9 Å². The summed E-state index contributed by atoms with van der Waals surface area (Å²) in [6, 6.07) is 2.91. The fraction of sp³-hybridized carbons (Fsp3) is 0.500. The summed E-state index contributed by atoms with van der Waals surface area (Å²) < 4.78 is 38.8. The number of hydrogen-bond donors (Lipinski definition) is 0. The van der Waals surface area contributed by atoms with Gasteiger partial charge in [-0.15, -0.1) is 0 Å². The van der Waals surface area contributed by atoms with Crippen LogP contribution in [0.3, 0.4) is 0 Å². The van der Waals surface area contributed by atoms with Gasteiger partial charge in [0.25, 0.3) is 0 Å². The molecule has 3 rings (SSSR count). The van der Waals surface area contributed by atoms with E-state index in [2.05, 4.69) is 19.9 Å². The minimum absolute atomic E-state index is 0.116. The molecule has 1 aliphatic heterocycles. The van der Waals surface area contributed by atoms with E-state index >= 15 is 0 Å². The minimum Gasteiger partial charge on any atom is -0.353 e. The minimum atomic E-state index is -4.47. The van der Waals surface area contributed by atoms with Gasteiger partial charge in [-0.25, -0.2) is 19.9 Å². The highest BCUT2D eigenvalue weighted by Crippen LogP contribution is 2.30. The molecule has 1 fully saturated rings. The summed E-state index contributed by atoms with van der Waals surface area (Å²) in [5, 5.41) is 0. The molecule has 0 unspecified atom stereocenters. The van der Waals surface area contributed by atoms with E-state index in [9.17, 15) is 13.2 Å². The largest absolute Gasteiger partial charge is 0.433 e.